The number of morpholine rings is 1. The molecule has 0 bridgehead atoms. The van der Waals surface area contributed by atoms with Crippen molar-refractivity contribution in [2.45, 2.75) is 32.1 Å². The van der Waals surface area contributed by atoms with Crippen LogP contribution in [0.25, 0.3) is 0 Å². The van der Waals surface area contributed by atoms with E-state index in [-0.39, 0.29) is 0 Å². The summed E-state index contributed by atoms with van der Waals surface area (Å²) in [5, 5.41) is 0. The number of benzene rings is 1. The van der Waals surface area contributed by atoms with Gasteiger partial charge >= 0.3 is 0 Å². The van der Waals surface area contributed by atoms with Gasteiger partial charge in [-0.25, -0.2) is 0 Å². The van der Waals surface area contributed by atoms with Crippen LogP contribution in [0.15, 0.2) is 22.7 Å². The molecule has 3 rings (SSSR count). The fourth-order valence-corrected chi connectivity index (χ4v) is 3.84. The van der Waals surface area contributed by atoms with Gasteiger partial charge in [0.25, 0.3) is 0 Å². The van der Waals surface area contributed by atoms with Gasteiger partial charge in [0, 0.05) is 36.3 Å². The summed E-state index contributed by atoms with van der Waals surface area (Å²) >= 11 is 3.64. The number of aryl methyl sites for hydroxylation is 1. The molecule has 2 aliphatic rings. The molecule has 0 N–H and O–H groups in total. The van der Waals surface area contributed by atoms with Gasteiger partial charge < -0.3 is 9.64 Å². The molecule has 0 aliphatic carbocycles. The summed E-state index contributed by atoms with van der Waals surface area (Å²) in [6.45, 7) is 7.62. The Balaban J connectivity index is 1.59. The first-order chi connectivity index (χ1) is 10.8. The molecule has 122 valence electrons. The molecule has 0 radical (unpaired) electrons. The van der Waals surface area contributed by atoms with E-state index in [0.717, 1.165) is 26.3 Å². The summed E-state index contributed by atoms with van der Waals surface area (Å²) in [7, 11) is 0. The molecule has 2 fully saturated rings. The Kier molecular flexibility index (Phi) is 6.16. The Morgan fingerprint density at radius 1 is 1.00 bits per heavy atom. The average molecular weight is 367 g/mol. The second kappa shape index (κ2) is 8.32. The standard InChI is InChI=1S/C18H27BrN2O/c19-17-7-6-16(5-4-8-20-11-13-22-14-12-20)18(15-17)21-9-2-1-3-10-21/h6-7,15H,1-5,8-14H2. The highest BCUT2D eigenvalue weighted by Gasteiger charge is 2.15. The van der Waals surface area contributed by atoms with Gasteiger partial charge in [-0.1, -0.05) is 22.0 Å². The van der Waals surface area contributed by atoms with Gasteiger partial charge in [-0.15, -0.1) is 0 Å². The van der Waals surface area contributed by atoms with Crippen LogP contribution < -0.4 is 4.90 Å². The van der Waals surface area contributed by atoms with E-state index in [1.807, 2.05) is 0 Å². The topological polar surface area (TPSA) is 15.7 Å². The fourth-order valence-electron chi connectivity index (χ4n) is 3.50. The number of nitrogens with zero attached hydrogens (tertiary/aromatic N) is 2. The van der Waals surface area contributed by atoms with Gasteiger partial charge in [0.15, 0.2) is 0 Å². The Hall–Kier alpha value is -0.580. The molecule has 0 amide bonds. The molecule has 3 nitrogen and oxygen atoms in total. The van der Waals surface area contributed by atoms with E-state index in [1.54, 1.807) is 0 Å². The molecule has 2 aliphatic heterocycles. The summed E-state index contributed by atoms with van der Waals surface area (Å²) in [6, 6.07) is 6.82. The molecule has 2 saturated heterocycles. The normalized spacial score (nSPS) is 20.3. The van der Waals surface area contributed by atoms with E-state index in [4.69, 9.17) is 4.74 Å². The zero-order chi connectivity index (χ0) is 15.2. The number of halogens is 1. The second-order valence-corrected chi connectivity index (χ2v) is 7.29. The summed E-state index contributed by atoms with van der Waals surface area (Å²) in [5.41, 5.74) is 2.97. The molecule has 1 aromatic carbocycles. The van der Waals surface area contributed by atoms with Crippen molar-refractivity contribution in [2.75, 3.05) is 50.8 Å². The number of anilines is 1. The number of rotatable bonds is 5. The monoisotopic (exact) mass is 366 g/mol. The predicted molar refractivity (Wildman–Crippen MR) is 95.8 cm³/mol. The van der Waals surface area contributed by atoms with Gasteiger partial charge in [0.1, 0.15) is 0 Å². The van der Waals surface area contributed by atoms with E-state index in [0.29, 0.717) is 0 Å². The van der Waals surface area contributed by atoms with Crippen LogP contribution in [-0.2, 0) is 11.2 Å². The lowest BCUT2D eigenvalue weighted by atomic mass is 10.0. The summed E-state index contributed by atoms with van der Waals surface area (Å²) in [5.74, 6) is 0. The van der Waals surface area contributed by atoms with Crippen LogP contribution in [0.3, 0.4) is 0 Å². The predicted octanol–water partition coefficient (Wildman–Crippen LogP) is 3.70. The maximum atomic E-state index is 5.42. The molecule has 0 unspecified atom stereocenters. The Morgan fingerprint density at radius 3 is 2.55 bits per heavy atom. The van der Waals surface area contributed by atoms with Crippen LogP contribution in [0.4, 0.5) is 5.69 Å². The quantitative estimate of drug-likeness (QED) is 0.789. The zero-order valence-corrected chi connectivity index (χ0v) is 15.0. The smallest absolute Gasteiger partial charge is 0.0594 e. The number of piperidine rings is 1. The van der Waals surface area contributed by atoms with Crippen molar-refractivity contribution in [1.29, 1.82) is 0 Å². The van der Waals surface area contributed by atoms with Crippen LogP contribution in [0, 0.1) is 0 Å². The largest absolute Gasteiger partial charge is 0.379 e. The van der Waals surface area contributed by atoms with Crippen molar-refractivity contribution in [3.63, 3.8) is 0 Å². The molecule has 0 spiro atoms. The lowest BCUT2D eigenvalue weighted by molar-refractivity contribution is 0.0375. The summed E-state index contributed by atoms with van der Waals surface area (Å²) in [6.07, 6.45) is 6.47. The van der Waals surface area contributed by atoms with Gasteiger partial charge in [-0.05, 0) is 56.3 Å². The number of ether oxygens (including phenoxy) is 1. The van der Waals surface area contributed by atoms with Crippen molar-refractivity contribution in [3.05, 3.63) is 28.2 Å². The lowest BCUT2D eigenvalue weighted by Crippen LogP contribution is -2.37. The van der Waals surface area contributed by atoms with Crippen LogP contribution in [0.5, 0.6) is 0 Å². The first-order valence-electron chi connectivity index (χ1n) is 8.66. The minimum Gasteiger partial charge on any atom is -0.379 e. The number of hydrogen-bond donors (Lipinski definition) is 0. The summed E-state index contributed by atoms with van der Waals surface area (Å²) < 4.78 is 6.62. The first-order valence-corrected chi connectivity index (χ1v) is 9.46. The van der Waals surface area contributed by atoms with Crippen LogP contribution >= 0.6 is 15.9 Å². The van der Waals surface area contributed by atoms with E-state index < -0.39 is 0 Å². The van der Waals surface area contributed by atoms with Crippen molar-refractivity contribution >= 4 is 21.6 Å². The Bertz CT molecular complexity index is 468. The van der Waals surface area contributed by atoms with E-state index in [1.165, 1.54) is 67.5 Å². The fraction of sp³-hybridized carbons (Fsp3) is 0.667. The Labute approximate surface area is 142 Å². The molecule has 22 heavy (non-hydrogen) atoms. The second-order valence-electron chi connectivity index (χ2n) is 6.38. The molecule has 2 heterocycles. The van der Waals surface area contributed by atoms with Crippen molar-refractivity contribution in [1.82, 2.24) is 4.90 Å². The van der Waals surface area contributed by atoms with E-state index >= 15 is 0 Å². The van der Waals surface area contributed by atoms with Crippen LogP contribution in [0.2, 0.25) is 0 Å². The zero-order valence-electron chi connectivity index (χ0n) is 13.4. The van der Waals surface area contributed by atoms with Crippen molar-refractivity contribution in [2.24, 2.45) is 0 Å². The minimum atomic E-state index is 0.900. The SMILES string of the molecule is Brc1ccc(CCCN2CCOCC2)c(N2CCCCC2)c1. The maximum Gasteiger partial charge on any atom is 0.0594 e. The Morgan fingerprint density at radius 2 is 1.77 bits per heavy atom. The molecule has 4 heteroatoms. The van der Waals surface area contributed by atoms with Crippen LogP contribution in [0.1, 0.15) is 31.2 Å². The highest BCUT2D eigenvalue weighted by atomic mass is 79.9. The molecule has 0 aromatic heterocycles. The minimum absolute atomic E-state index is 0.900. The highest BCUT2D eigenvalue weighted by molar-refractivity contribution is 9.10. The third-order valence-corrected chi connectivity index (χ3v) is 5.26. The van der Waals surface area contributed by atoms with Crippen molar-refractivity contribution in [3.8, 4) is 0 Å². The lowest BCUT2D eigenvalue weighted by Gasteiger charge is -2.31. The summed E-state index contributed by atoms with van der Waals surface area (Å²) in [4.78, 5) is 5.11. The number of hydrogen-bond acceptors (Lipinski definition) is 3. The third-order valence-electron chi connectivity index (χ3n) is 4.77. The van der Waals surface area contributed by atoms with Gasteiger partial charge in [0.2, 0.25) is 0 Å². The molecular formula is C18H27BrN2O. The van der Waals surface area contributed by atoms with E-state index in [9.17, 15) is 0 Å². The molecular weight excluding hydrogens is 340 g/mol. The van der Waals surface area contributed by atoms with Gasteiger partial charge in [0.05, 0.1) is 13.2 Å². The van der Waals surface area contributed by atoms with Gasteiger partial charge in [-0.2, -0.15) is 0 Å². The van der Waals surface area contributed by atoms with Crippen LogP contribution in [-0.4, -0.2) is 50.8 Å². The average Bonchev–Trinajstić information content (AvgIpc) is 2.58. The van der Waals surface area contributed by atoms with E-state index in [2.05, 4.69) is 43.9 Å². The maximum absolute atomic E-state index is 5.42. The third kappa shape index (κ3) is 4.46. The van der Waals surface area contributed by atoms with Gasteiger partial charge in [-0.3, -0.25) is 4.90 Å². The molecule has 0 saturated carbocycles. The molecule has 1 aromatic rings. The first kappa shape index (κ1) is 16.3. The van der Waals surface area contributed by atoms with Crippen molar-refractivity contribution < 1.29 is 4.74 Å². The highest BCUT2D eigenvalue weighted by Crippen LogP contribution is 2.28. The molecule has 0 atom stereocenters.